The summed E-state index contributed by atoms with van der Waals surface area (Å²) in [4.78, 5) is 4.45. The summed E-state index contributed by atoms with van der Waals surface area (Å²) in [5.74, 6) is 1.14. The number of rotatable bonds is 3. The molecule has 22 heavy (non-hydrogen) atoms. The summed E-state index contributed by atoms with van der Waals surface area (Å²) < 4.78 is 44.1. The Labute approximate surface area is 127 Å². The molecule has 0 saturated carbocycles. The van der Waals surface area contributed by atoms with Crippen molar-refractivity contribution in [1.29, 1.82) is 0 Å². The largest absolute Gasteiger partial charge is 0.475 e. The van der Waals surface area contributed by atoms with Crippen LogP contribution in [0.1, 0.15) is 24.0 Å². The first-order chi connectivity index (χ1) is 10.5. The van der Waals surface area contributed by atoms with Crippen LogP contribution in [0, 0.1) is 5.92 Å². The van der Waals surface area contributed by atoms with E-state index in [1.165, 1.54) is 12.1 Å². The van der Waals surface area contributed by atoms with Crippen LogP contribution >= 0.6 is 0 Å². The summed E-state index contributed by atoms with van der Waals surface area (Å²) in [6.45, 7) is 2.46. The zero-order valence-electron chi connectivity index (χ0n) is 12.2. The molecule has 3 nitrogen and oxygen atoms in total. The topological polar surface area (TPSA) is 33.6 Å². The van der Waals surface area contributed by atoms with E-state index in [0.29, 0.717) is 24.4 Å². The molecule has 2 aliphatic heterocycles. The van der Waals surface area contributed by atoms with Crippen molar-refractivity contribution in [3.05, 3.63) is 35.4 Å². The van der Waals surface area contributed by atoms with E-state index in [-0.39, 0.29) is 6.10 Å². The van der Waals surface area contributed by atoms with Crippen molar-refractivity contribution in [1.82, 2.24) is 5.32 Å². The van der Waals surface area contributed by atoms with E-state index >= 15 is 0 Å². The molecular formula is C16H19F3N2O. The van der Waals surface area contributed by atoms with Gasteiger partial charge in [-0.25, -0.2) is 0 Å². The Hall–Kier alpha value is -1.56. The standard InChI is InChI=1S/C16H19F3N2O/c17-16(18,19)13-3-1-2-11(8-13)9-14-10-21-15(22-14)12-4-6-20-7-5-12/h1-3,8,12,14,20H,4-7,9-10H2. The number of aliphatic imine (C=N–C) groups is 1. The predicted octanol–water partition coefficient (Wildman–Crippen LogP) is 3.04. The normalized spacial score (nSPS) is 23.2. The lowest BCUT2D eigenvalue weighted by Crippen LogP contribution is -2.32. The minimum absolute atomic E-state index is 0.145. The van der Waals surface area contributed by atoms with Crippen molar-refractivity contribution in [2.24, 2.45) is 10.9 Å². The fraction of sp³-hybridized carbons (Fsp3) is 0.562. The molecule has 1 aromatic carbocycles. The van der Waals surface area contributed by atoms with Gasteiger partial charge in [0.15, 0.2) is 5.90 Å². The zero-order valence-corrected chi connectivity index (χ0v) is 12.2. The number of hydrogen-bond acceptors (Lipinski definition) is 3. The summed E-state index contributed by atoms with van der Waals surface area (Å²) in [5, 5.41) is 3.29. The second-order valence-corrected chi connectivity index (χ2v) is 5.85. The highest BCUT2D eigenvalue weighted by molar-refractivity contribution is 5.80. The molecule has 2 heterocycles. The zero-order chi connectivity index (χ0) is 15.6. The lowest BCUT2D eigenvalue weighted by molar-refractivity contribution is -0.137. The number of nitrogens with zero attached hydrogens (tertiary/aromatic N) is 1. The maximum Gasteiger partial charge on any atom is 0.416 e. The number of hydrogen-bond donors (Lipinski definition) is 1. The summed E-state index contributed by atoms with van der Waals surface area (Å²) in [6.07, 6.45) is -1.97. The van der Waals surface area contributed by atoms with Crippen LogP contribution in [0.5, 0.6) is 0 Å². The number of alkyl halides is 3. The van der Waals surface area contributed by atoms with E-state index in [1.54, 1.807) is 6.07 Å². The molecule has 1 atom stereocenters. The molecule has 2 aliphatic rings. The summed E-state index contributed by atoms with van der Waals surface area (Å²) in [5.41, 5.74) is 0.0316. The second kappa shape index (κ2) is 6.28. The van der Waals surface area contributed by atoms with Gasteiger partial charge < -0.3 is 10.1 Å². The molecule has 0 amide bonds. The molecule has 0 aromatic heterocycles. The fourth-order valence-corrected chi connectivity index (χ4v) is 2.98. The first kappa shape index (κ1) is 15.3. The molecular weight excluding hydrogens is 293 g/mol. The highest BCUT2D eigenvalue weighted by Crippen LogP contribution is 2.30. The minimum Gasteiger partial charge on any atom is -0.475 e. The Morgan fingerprint density at radius 3 is 2.73 bits per heavy atom. The molecule has 1 N–H and O–H groups in total. The third-order valence-electron chi connectivity index (χ3n) is 4.14. The molecule has 0 radical (unpaired) electrons. The number of ether oxygens (including phenoxy) is 1. The molecule has 3 rings (SSSR count). The van der Waals surface area contributed by atoms with E-state index in [4.69, 9.17) is 4.74 Å². The van der Waals surface area contributed by atoms with Gasteiger partial charge in [0.25, 0.3) is 0 Å². The smallest absolute Gasteiger partial charge is 0.416 e. The maximum absolute atomic E-state index is 12.7. The first-order valence-electron chi connectivity index (χ1n) is 7.60. The summed E-state index contributed by atoms with van der Waals surface area (Å²) >= 11 is 0. The van der Waals surface area contributed by atoms with Gasteiger partial charge in [-0.3, -0.25) is 4.99 Å². The quantitative estimate of drug-likeness (QED) is 0.931. The average Bonchev–Trinajstić information content (AvgIpc) is 2.96. The molecule has 0 spiro atoms. The monoisotopic (exact) mass is 312 g/mol. The molecule has 1 aromatic rings. The number of halogens is 3. The Bertz CT molecular complexity index is 551. The van der Waals surface area contributed by atoms with Crippen LogP contribution < -0.4 is 5.32 Å². The first-order valence-corrected chi connectivity index (χ1v) is 7.60. The second-order valence-electron chi connectivity index (χ2n) is 5.85. The predicted molar refractivity (Wildman–Crippen MR) is 77.9 cm³/mol. The van der Waals surface area contributed by atoms with Gasteiger partial charge in [-0.15, -0.1) is 0 Å². The van der Waals surface area contributed by atoms with Crippen LogP contribution in [0.2, 0.25) is 0 Å². The molecule has 1 unspecified atom stereocenters. The highest BCUT2D eigenvalue weighted by atomic mass is 19.4. The number of benzene rings is 1. The van der Waals surface area contributed by atoms with Gasteiger partial charge in [0.05, 0.1) is 12.1 Å². The van der Waals surface area contributed by atoms with Crippen molar-refractivity contribution in [3.8, 4) is 0 Å². The third-order valence-corrected chi connectivity index (χ3v) is 4.14. The van der Waals surface area contributed by atoms with Gasteiger partial charge >= 0.3 is 6.18 Å². The molecule has 120 valence electrons. The maximum atomic E-state index is 12.7. The Morgan fingerprint density at radius 2 is 2.00 bits per heavy atom. The highest BCUT2D eigenvalue weighted by Gasteiger charge is 2.31. The van der Waals surface area contributed by atoms with E-state index in [2.05, 4.69) is 10.3 Å². The van der Waals surface area contributed by atoms with Gasteiger partial charge in [0, 0.05) is 12.3 Å². The van der Waals surface area contributed by atoms with E-state index in [9.17, 15) is 13.2 Å². The Balaban J connectivity index is 1.59. The fourth-order valence-electron chi connectivity index (χ4n) is 2.98. The van der Waals surface area contributed by atoms with Crippen LogP contribution in [0.3, 0.4) is 0 Å². The van der Waals surface area contributed by atoms with Gasteiger partial charge in [-0.1, -0.05) is 18.2 Å². The summed E-state index contributed by atoms with van der Waals surface area (Å²) in [7, 11) is 0. The van der Waals surface area contributed by atoms with Crippen molar-refractivity contribution in [2.75, 3.05) is 19.6 Å². The molecule has 1 saturated heterocycles. The van der Waals surface area contributed by atoms with Crippen LogP contribution in [-0.2, 0) is 17.3 Å². The van der Waals surface area contributed by atoms with E-state index in [1.807, 2.05) is 0 Å². The Kier molecular flexibility index (Phi) is 4.38. The van der Waals surface area contributed by atoms with Crippen molar-refractivity contribution in [2.45, 2.75) is 31.5 Å². The van der Waals surface area contributed by atoms with Crippen LogP contribution in [0.4, 0.5) is 13.2 Å². The summed E-state index contributed by atoms with van der Waals surface area (Å²) in [6, 6.07) is 5.45. The van der Waals surface area contributed by atoms with Crippen molar-refractivity contribution < 1.29 is 17.9 Å². The SMILES string of the molecule is FC(F)(F)c1cccc(CC2CN=C(C3CCNCC3)O2)c1. The lowest BCUT2D eigenvalue weighted by Gasteiger charge is -2.23. The Morgan fingerprint density at radius 1 is 1.23 bits per heavy atom. The van der Waals surface area contributed by atoms with Crippen molar-refractivity contribution >= 4 is 5.90 Å². The van der Waals surface area contributed by atoms with Gasteiger partial charge in [-0.05, 0) is 37.6 Å². The number of nitrogens with one attached hydrogen (secondary N) is 1. The number of piperidine rings is 1. The molecule has 0 aliphatic carbocycles. The van der Waals surface area contributed by atoms with Gasteiger partial charge in [0.2, 0.25) is 0 Å². The van der Waals surface area contributed by atoms with E-state index in [0.717, 1.165) is 37.9 Å². The molecule has 6 heteroatoms. The van der Waals surface area contributed by atoms with Crippen LogP contribution in [0.15, 0.2) is 29.3 Å². The van der Waals surface area contributed by atoms with Crippen LogP contribution in [-0.4, -0.2) is 31.6 Å². The molecule has 0 bridgehead atoms. The lowest BCUT2D eigenvalue weighted by atomic mass is 9.98. The van der Waals surface area contributed by atoms with E-state index < -0.39 is 11.7 Å². The average molecular weight is 312 g/mol. The van der Waals surface area contributed by atoms with Crippen molar-refractivity contribution in [3.63, 3.8) is 0 Å². The van der Waals surface area contributed by atoms with Gasteiger partial charge in [0.1, 0.15) is 6.10 Å². The minimum atomic E-state index is -4.30. The third kappa shape index (κ3) is 3.61. The molecule has 1 fully saturated rings. The van der Waals surface area contributed by atoms with Crippen LogP contribution in [0.25, 0.3) is 0 Å². The van der Waals surface area contributed by atoms with Gasteiger partial charge in [-0.2, -0.15) is 13.2 Å².